The molecule has 0 radical (unpaired) electrons. The Morgan fingerprint density at radius 1 is 1.05 bits per heavy atom. The van der Waals surface area contributed by atoms with E-state index in [2.05, 4.69) is 0 Å². The second-order valence-corrected chi connectivity index (χ2v) is 4.56. The fraction of sp³-hybridized carbons (Fsp3) is 0.600. The van der Waals surface area contributed by atoms with Gasteiger partial charge >= 0.3 is 0 Å². The van der Waals surface area contributed by atoms with Gasteiger partial charge < -0.3 is 19.9 Å². The summed E-state index contributed by atoms with van der Waals surface area (Å²) >= 11 is 0. The lowest BCUT2D eigenvalue weighted by atomic mass is 10.0. The normalized spacial score (nSPS) is 12.6. The molecule has 0 spiro atoms. The van der Waals surface area contributed by atoms with Gasteiger partial charge in [-0.05, 0) is 24.5 Å². The molecule has 0 aliphatic carbocycles. The molecule has 1 aromatic carbocycles. The second kappa shape index (κ2) is 10.7. The zero-order valence-corrected chi connectivity index (χ0v) is 12.0. The van der Waals surface area contributed by atoms with Gasteiger partial charge in [-0.1, -0.05) is 18.2 Å². The van der Waals surface area contributed by atoms with Crippen molar-refractivity contribution in [1.82, 2.24) is 0 Å². The molecule has 0 amide bonds. The number of benzene rings is 1. The number of ether oxygens (including phenoxy) is 3. The van der Waals surface area contributed by atoms with Crippen molar-refractivity contribution < 1.29 is 18.6 Å². The summed E-state index contributed by atoms with van der Waals surface area (Å²) in [6.07, 6.45) is 1.23. The van der Waals surface area contributed by atoms with Gasteiger partial charge in [0, 0.05) is 19.8 Å². The van der Waals surface area contributed by atoms with Gasteiger partial charge in [0.1, 0.15) is 5.82 Å². The lowest BCUT2D eigenvalue weighted by molar-refractivity contribution is 0.0234. The van der Waals surface area contributed by atoms with Gasteiger partial charge in [0.15, 0.2) is 0 Å². The first-order valence-corrected chi connectivity index (χ1v) is 6.87. The maximum atomic E-state index is 13.4. The zero-order valence-electron chi connectivity index (χ0n) is 12.0. The van der Waals surface area contributed by atoms with Gasteiger partial charge in [0.05, 0.1) is 26.4 Å². The van der Waals surface area contributed by atoms with Crippen molar-refractivity contribution in [3.8, 4) is 0 Å². The molecule has 0 heterocycles. The minimum absolute atomic E-state index is 0.0960. The predicted molar refractivity (Wildman–Crippen MR) is 76.2 cm³/mol. The summed E-state index contributed by atoms with van der Waals surface area (Å²) in [6.45, 7) is 2.81. The quantitative estimate of drug-likeness (QED) is 0.630. The van der Waals surface area contributed by atoms with Gasteiger partial charge in [-0.15, -0.1) is 0 Å². The molecular formula is C15H24FNO3. The highest BCUT2D eigenvalue weighted by molar-refractivity contribution is 5.18. The molecular weight excluding hydrogens is 261 g/mol. The average molecular weight is 285 g/mol. The molecule has 1 rings (SSSR count). The Labute approximate surface area is 120 Å². The minimum Gasteiger partial charge on any atom is -0.382 e. The molecule has 2 N–H and O–H groups in total. The van der Waals surface area contributed by atoms with Crippen molar-refractivity contribution >= 4 is 0 Å². The topological polar surface area (TPSA) is 53.7 Å². The van der Waals surface area contributed by atoms with Crippen LogP contribution in [-0.2, 0) is 20.6 Å². The SMILES string of the molecule is COCCOCCOCCC(N)Cc1ccccc1F. The average Bonchev–Trinajstić information content (AvgIpc) is 2.44. The monoisotopic (exact) mass is 285 g/mol. The van der Waals surface area contributed by atoms with Gasteiger partial charge in [0.2, 0.25) is 0 Å². The van der Waals surface area contributed by atoms with Crippen molar-refractivity contribution in [3.63, 3.8) is 0 Å². The van der Waals surface area contributed by atoms with E-state index in [0.717, 1.165) is 0 Å². The van der Waals surface area contributed by atoms with E-state index in [1.165, 1.54) is 6.07 Å². The molecule has 0 fully saturated rings. The number of nitrogens with two attached hydrogens (primary N) is 1. The number of methoxy groups -OCH3 is 1. The summed E-state index contributed by atoms with van der Waals surface area (Å²) in [5, 5.41) is 0. The Morgan fingerprint density at radius 3 is 2.40 bits per heavy atom. The number of halogens is 1. The number of rotatable bonds is 11. The third-order valence-corrected chi connectivity index (χ3v) is 2.88. The smallest absolute Gasteiger partial charge is 0.126 e. The molecule has 0 saturated carbocycles. The van der Waals surface area contributed by atoms with E-state index in [-0.39, 0.29) is 11.9 Å². The molecule has 114 valence electrons. The van der Waals surface area contributed by atoms with E-state index >= 15 is 0 Å². The second-order valence-electron chi connectivity index (χ2n) is 4.56. The van der Waals surface area contributed by atoms with Gasteiger partial charge in [-0.3, -0.25) is 0 Å². The molecule has 0 aromatic heterocycles. The summed E-state index contributed by atoms with van der Waals surface area (Å²) in [4.78, 5) is 0. The van der Waals surface area contributed by atoms with Crippen LogP contribution in [0.15, 0.2) is 24.3 Å². The molecule has 1 atom stereocenters. The van der Waals surface area contributed by atoms with Crippen LogP contribution in [0.1, 0.15) is 12.0 Å². The maximum Gasteiger partial charge on any atom is 0.126 e. The lowest BCUT2D eigenvalue weighted by Crippen LogP contribution is -2.25. The van der Waals surface area contributed by atoms with Crippen LogP contribution in [0.3, 0.4) is 0 Å². The molecule has 1 unspecified atom stereocenters. The Balaban J connectivity index is 2.03. The summed E-state index contributed by atoms with van der Waals surface area (Å²) < 4.78 is 29.0. The lowest BCUT2D eigenvalue weighted by Gasteiger charge is -2.12. The first kappa shape index (κ1) is 17.0. The summed E-state index contributed by atoms with van der Waals surface area (Å²) in [6, 6.07) is 6.62. The Bertz CT molecular complexity index is 363. The molecule has 0 saturated heterocycles. The van der Waals surface area contributed by atoms with Crippen molar-refractivity contribution in [3.05, 3.63) is 35.6 Å². The van der Waals surface area contributed by atoms with Crippen LogP contribution in [0.25, 0.3) is 0 Å². The third kappa shape index (κ3) is 7.55. The van der Waals surface area contributed by atoms with Gasteiger partial charge in [-0.25, -0.2) is 4.39 Å². The van der Waals surface area contributed by atoms with Crippen molar-refractivity contribution in [1.29, 1.82) is 0 Å². The summed E-state index contributed by atoms with van der Waals surface area (Å²) in [7, 11) is 1.64. The highest BCUT2D eigenvalue weighted by Gasteiger charge is 2.07. The van der Waals surface area contributed by atoms with Crippen molar-refractivity contribution in [2.45, 2.75) is 18.9 Å². The molecule has 1 aromatic rings. The van der Waals surface area contributed by atoms with E-state index < -0.39 is 0 Å². The molecule has 20 heavy (non-hydrogen) atoms. The van der Waals surface area contributed by atoms with Crippen LogP contribution < -0.4 is 5.73 Å². The highest BCUT2D eigenvalue weighted by Crippen LogP contribution is 2.09. The van der Waals surface area contributed by atoms with Crippen LogP contribution in [0.2, 0.25) is 0 Å². The van der Waals surface area contributed by atoms with Crippen LogP contribution >= 0.6 is 0 Å². The summed E-state index contributed by atoms with van der Waals surface area (Å²) in [5.74, 6) is -0.199. The third-order valence-electron chi connectivity index (χ3n) is 2.88. The molecule has 4 nitrogen and oxygen atoms in total. The zero-order chi connectivity index (χ0) is 14.6. The first-order chi connectivity index (χ1) is 9.74. The Hall–Kier alpha value is -1.01. The van der Waals surface area contributed by atoms with Crippen molar-refractivity contribution in [2.75, 3.05) is 40.1 Å². The number of hydrogen-bond acceptors (Lipinski definition) is 4. The van der Waals surface area contributed by atoms with E-state index in [1.54, 1.807) is 19.2 Å². The van der Waals surface area contributed by atoms with E-state index in [1.807, 2.05) is 6.07 Å². The van der Waals surface area contributed by atoms with Crippen LogP contribution in [0.5, 0.6) is 0 Å². The van der Waals surface area contributed by atoms with Crippen LogP contribution in [0, 0.1) is 5.82 Å². The number of hydrogen-bond donors (Lipinski definition) is 1. The Morgan fingerprint density at radius 2 is 1.70 bits per heavy atom. The van der Waals surface area contributed by atoms with Crippen LogP contribution in [-0.4, -0.2) is 46.2 Å². The highest BCUT2D eigenvalue weighted by atomic mass is 19.1. The molecule has 0 bridgehead atoms. The van der Waals surface area contributed by atoms with E-state index in [9.17, 15) is 4.39 Å². The largest absolute Gasteiger partial charge is 0.382 e. The fourth-order valence-electron chi connectivity index (χ4n) is 1.75. The molecule has 0 aliphatic rings. The maximum absolute atomic E-state index is 13.4. The fourth-order valence-corrected chi connectivity index (χ4v) is 1.75. The predicted octanol–water partition coefficient (Wildman–Crippen LogP) is 1.77. The Kier molecular flexibility index (Phi) is 9.15. The van der Waals surface area contributed by atoms with Gasteiger partial charge in [-0.2, -0.15) is 0 Å². The minimum atomic E-state index is -0.199. The van der Waals surface area contributed by atoms with Crippen molar-refractivity contribution in [2.24, 2.45) is 5.73 Å². The van der Waals surface area contributed by atoms with Gasteiger partial charge in [0.25, 0.3) is 0 Å². The summed E-state index contributed by atoms with van der Waals surface area (Å²) in [5.41, 5.74) is 6.62. The van der Waals surface area contributed by atoms with E-state index in [0.29, 0.717) is 51.4 Å². The molecule has 0 aliphatic heterocycles. The van der Waals surface area contributed by atoms with Crippen LogP contribution in [0.4, 0.5) is 4.39 Å². The molecule has 5 heteroatoms. The standard InChI is InChI=1S/C15H24FNO3/c1-18-8-9-20-11-10-19-7-6-14(17)12-13-4-2-3-5-15(13)16/h2-5,14H,6-12,17H2,1H3. The first-order valence-electron chi connectivity index (χ1n) is 6.87. The van der Waals surface area contributed by atoms with E-state index in [4.69, 9.17) is 19.9 Å².